The maximum absolute atomic E-state index is 6.48. The largest absolute Gasteiger partial charge is 0.456 e. The summed E-state index contributed by atoms with van der Waals surface area (Å²) in [5.74, 6) is 0. The topological polar surface area (TPSA) is 21.3 Å². The highest BCUT2D eigenvalue weighted by Gasteiger charge is 2.34. The summed E-state index contributed by atoms with van der Waals surface area (Å²) in [5, 5.41) is 4.75. The Morgan fingerprint density at radius 1 is 0.558 bits per heavy atom. The van der Waals surface area contributed by atoms with E-state index in [0.717, 1.165) is 39.0 Å². The fourth-order valence-corrected chi connectivity index (χ4v) is 8.28. The average Bonchev–Trinajstić information content (AvgIpc) is 3.82. The fourth-order valence-electron chi connectivity index (χ4n) is 8.28. The van der Waals surface area contributed by atoms with Crippen molar-refractivity contribution in [1.29, 1.82) is 0 Å². The molecule has 0 spiro atoms. The molecule has 0 amide bonds. The van der Waals surface area contributed by atoms with Crippen LogP contribution in [0.25, 0.3) is 71.7 Å². The normalized spacial score (nSPS) is 15.4. The molecule has 7 aromatic carbocycles. The Hall–Kier alpha value is -6.58. The van der Waals surface area contributed by atoms with E-state index in [0.29, 0.717) is 0 Å². The van der Waals surface area contributed by atoms with Gasteiger partial charge in [-0.15, -0.1) is 0 Å². The molecule has 3 heterocycles. The van der Waals surface area contributed by atoms with Crippen molar-refractivity contribution in [2.75, 3.05) is 4.90 Å². The number of anilines is 2. The maximum Gasteiger partial charge on any atom is 0.137 e. The molecular weight excluding hydrogens is 633 g/mol. The molecule has 1 atom stereocenters. The molecule has 3 heteroatoms. The van der Waals surface area contributed by atoms with E-state index >= 15 is 0 Å². The first-order chi connectivity index (χ1) is 25.7. The van der Waals surface area contributed by atoms with Gasteiger partial charge < -0.3 is 13.9 Å². The molecule has 52 heavy (non-hydrogen) atoms. The lowest BCUT2D eigenvalue weighted by Gasteiger charge is -2.26. The monoisotopic (exact) mass is 668 g/mol. The van der Waals surface area contributed by atoms with Gasteiger partial charge in [-0.2, -0.15) is 0 Å². The summed E-state index contributed by atoms with van der Waals surface area (Å²) < 4.78 is 8.87. The lowest BCUT2D eigenvalue weighted by molar-refractivity contribution is 0.669. The first kappa shape index (κ1) is 30.3. The Morgan fingerprint density at radius 2 is 1.23 bits per heavy atom. The van der Waals surface area contributed by atoms with Crippen molar-refractivity contribution in [2.24, 2.45) is 0 Å². The lowest BCUT2D eigenvalue weighted by Crippen LogP contribution is -2.23. The van der Waals surface area contributed by atoms with Crippen molar-refractivity contribution in [3.05, 3.63) is 187 Å². The van der Waals surface area contributed by atoms with E-state index in [9.17, 15) is 0 Å². The number of hydrogen-bond donors (Lipinski definition) is 0. The molecule has 0 radical (unpaired) electrons. The number of benzene rings is 7. The fraction of sp³-hybridized carbons (Fsp3) is 0.0612. The molecule has 1 unspecified atom stereocenters. The Labute approximate surface area is 303 Å². The Morgan fingerprint density at radius 3 is 2.00 bits per heavy atom. The van der Waals surface area contributed by atoms with Crippen LogP contribution in [0.4, 0.5) is 11.4 Å². The summed E-state index contributed by atoms with van der Waals surface area (Å²) in [5.41, 5.74) is 15.0. The van der Waals surface area contributed by atoms with Gasteiger partial charge in [0.15, 0.2) is 0 Å². The molecule has 0 saturated carbocycles. The third-order valence-corrected chi connectivity index (χ3v) is 10.8. The average molecular weight is 669 g/mol. The minimum atomic E-state index is 0.0752. The van der Waals surface area contributed by atoms with Crippen LogP contribution in [0.3, 0.4) is 0 Å². The third kappa shape index (κ3) is 4.74. The van der Waals surface area contributed by atoms with Crippen LogP contribution in [0.15, 0.2) is 180 Å². The van der Waals surface area contributed by atoms with Crippen molar-refractivity contribution in [3.8, 4) is 16.8 Å². The summed E-state index contributed by atoms with van der Waals surface area (Å²) in [6.45, 7) is 4.46. The van der Waals surface area contributed by atoms with Gasteiger partial charge in [0.25, 0.3) is 0 Å². The van der Waals surface area contributed by atoms with E-state index in [4.69, 9.17) is 4.42 Å². The van der Waals surface area contributed by atoms with Crippen LogP contribution in [0.1, 0.15) is 25.0 Å². The van der Waals surface area contributed by atoms with Gasteiger partial charge in [0.1, 0.15) is 11.2 Å². The number of aromatic nitrogens is 1. The molecule has 0 saturated heterocycles. The van der Waals surface area contributed by atoms with Gasteiger partial charge in [0.05, 0.1) is 22.8 Å². The van der Waals surface area contributed by atoms with Crippen LogP contribution in [-0.2, 0) is 0 Å². The van der Waals surface area contributed by atoms with Gasteiger partial charge in [-0.25, -0.2) is 0 Å². The van der Waals surface area contributed by atoms with E-state index in [1.54, 1.807) is 0 Å². The molecule has 0 bridgehead atoms. The molecule has 248 valence electrons. The van der Waals surface area contributed by atoms with Gasteiger partial charge in [0.2, 0.25) is 0 Å². The van der Waals surface area contributed by atoms with Crippen molar-refractivity contribution in [3.63, 3.8) is 0 Å². The summed E-state index contributed by atoms with van der Waals surface area (Å²) in [4.78, 5) is 2.50. The molecule has 0 aliphatic carbocycles. The number of allylic oxidation sites excluding steroid dienone is 3. The highest BCUT2D eigenvalue weighted by Crippen LogP contribution is 2.49. The van der Waals surface area contributed by atoms with Crippen LogP contribution in [0.2, 0.25) is 0 Å². The highest BCUT2D eigenvalue weighted by atomic mass is 16.3. The van der Waals surface area contributed by atoms with E-state index in [-0.39, 0.29) is 6.04 Å². The van der Waals surface area contributed by atoms with Crippen molar-refractivity contribution < 1.29 is 4.42 Å². The van der Waals surface area contributed by atoms with E-state index in [2.05, 4.69) is 193 Å². The van der Waals surface area contributed by atoms with Crippen LogP contribution in [0.5, 0.6) is 0 Å². The number of fused-ring (bicyclic) bond motifs is 7. The van der Waals surface area contributed by atoms with Gasteiger partial charge in [0, 0.05) is 44.5 Å². The predicted molar refractivity (Wildman–Crippen MR) is 220 cm³/mol. The summed E-state index contributed by atoms with van der Waals surface area (Å²) in [7, 11) is 0. The van der Waals surface area contributed by atoms with Crippen LogP contribution in [0, 0.1) is 0 Å². The molecule has 10 rings (SSSR count). The number of hydrogen-bond acceptors (Lipinski definition) is 2. The first-order valence-corrected chi connectivity index (χ1v) is 18.0. The molecule has 2 aromatic heterocycles. The predicted octanol–water partition coefficient (Wildman–Crippen LogP) is 13.4. The Balaban J connectivity index is 1.21. The van der Waals surface area contributed by atoms with E-state index < -0.39 is 0 Å². The maximum atomic E-state index is 6.48. The zero-order chi connectivity index (χ0) is 34.8. The lowest BCUT2D eigenvalue weighted by atomic mass is 9.96. The second-order valence-electron chi connectivity index (χ2n) is 13.7. The molecule has 1 aliphatic rings. The second-order valence-corrected chi connectivity index (χ2v) is 13.7. The summed E-state index contributed by atoms with van der Waals surface area (Å²) in [6.07, 6.45) is 4.61. The number of para-hydroxylation sites is 2. The van der Waals surface area contributed by atoms with Crippen molar-refractivity contribution in [1.82, 2.24) is 4.57 Å². The minimum Gasteiger partial charge on any atom is -0.456 e. The zero-order valence-electron chi connectivity index (χ0n) is 29.1. The number of rotatable bonds is 5. The van der Waals surface area contributed by atoms with Gasteiger partial charge >= 0.3 is 0 Å². The summed E-state index contributed by atoms with van der Waals surface area (Å²) >= 11 is 0. The standard InChI is InChI=1S/C49H36N2O/c1-3-33(34-15-7-4-8-16-34)27-40-32(2)50(47-31-49-44(30-43(40)47)39-21-13-14-22-48(39)52-49)38-24-26-46-42(29-38)41-28-36(35-17-9-5-10-18-35)23-25-45(41)51(46)37-19-11-6-12-20-37/h3-32H,1-2H3/b33-3+,40-27+. The molecule has 1 aliphatic heterocycles. The third-order valence-electron chi connectivity index (χ3n) is 10.8. The van der Waals surface area contributed by atoms with Crippen LogP contribution >= 0.6 is 0 Å². The second kappa shape index (κ2) is 12.0. The van der Waals surface area contributed by atoms with Crippen LogP contribution < -0.4 is 4.90 Å². The molecule has 3 nitrogen and oxygen atoms in total. The smallest absolute Gasteiger partial charge is 0.137 e. The number of furan rings is 1. The Bertz CT molecular complexity index is 2860. The number of nitrogens with zero attached hydrogens (tertiary/aromatic N) is 2. The molecule has 0 N–H and O–H groups in total. The summed E-state index contributed by atoms with van der Waals surface area (Å²) in [6, 6.07) is 59.0. The van der Waals surface area contributed by atoms with Crippen LogP contribution in [-0.4, -0.2) is 10.6 Å². The quantitative estimate of drug-likeness (QED) is 0.182. The van der Waals surface area contributed by atoms with Crippen molar-refractivity contribution >= 4 is 66.3 Å². The Kier molecular flexibility index (Phi) is 7.00. The minimum absolute atomic E-state index is 0.0752. The van der Waals surface area contributed by atoms with Gasteiger partial charge in [-0.1, -0.05) is 109 Å². The molecule has 9 aromatic rings. The van der Waals surface area contributed by atoms with E-state index in [1.165, 1.54) is 55.2 Å². The van der Waals surface area contributed by atoms with Gasteiger partial charge in [-0.3, -0.25) is 0 Å². The van der Waals surface area contributed by atoms with Crippen molar-refractivity contribution in [2.45, 2.75) is 19.9 Å². The SMILES string of the molecule is C/C=C(\C=C1\c2cc3c(cc2N(c2ccc4c(c2)c2cc(-c5ccccc5)ccc2n4-c2ccccc2)C1C)oc1ccccc13)c1ccccc1. The highest BCUT2D eigenvalue weighted by molar-refractivity contribution is 6.13. The zero-order valence-corrected chi connectivity index (χ0v) is 29.1. The van der Waals surface area contributed by atoms with E-state index in [1.807, 2.05) is 6.07 Å². The first-order valence-electron chi connectivity index (χ1n) is 18.0. The molecule has 0 fully saturated rings. The van der Waals surface area contributed by atoms with Gasteiger partial charge in [-0.05, 0) is 102 Å². The molecular formula is C49H36N2O.